The van der Waals surface area contributed by atoms with Crippen molar-refractivity contribution in [3.8, 4) is 11.5 Å². The van der Waals surface area contributed by atoms with E-state index < -0.39 is 59.6 Å². The van der Waals surface area contributed by atoms with E-state index in [0.717, 1.165) is 21.8 Å². The minimum atomic E-state index is -4.62. The van der Waals surface area contributed by atoms with Crippen molar-refractivity contribution in [3.63, 3.8) is 0 Å². The Bertz CT molecular complexity index is 2130. The summed E-state index contributed by atoms with van der Waals surface area (Å²) in [4.78, 5) is 7.24. The van der Waals surface area contributed by atoms with E-state index in [9.17, 15) is 34.4 Å². The van der Waals surface area contributed by atoms with Gasteiger partial charge in [0.25, 0.3) is 20.2 Å². The summed E-state index contributed by atoms with van der Waals surface area (Å²) in [7, 11) is -11.5. The summed E-state index contributed by atoms with van der Waals surface area (Å²) in [6, 6.07) is 7.79. The molecule has 1 unspecified atom stereocenters. The fourth-order valence-electron chi connectivity index (χ4n) is 6.87. The second-order valence-corrected chi connectivity index (χ2v) is 18.9. The van der Waals surface area contributed by atoms with Gasteiger partial charge in [0, 0.05) is 51.3 Å². The molecule has 13 nitrogen and oxygen atoms in total. The van der Waals surface area contributed by atoms with E-state index in [1.54, 1.807) is 0 Å². The molecule has 1 atom stereocenters. The second kappa shape index (κ2) is 11.9. The van der Waals surface area contributed by atoms with Crippen molar-refractivity contribution in [1.82, 2.24) is 8.88 Å². The van der Waals surface area contributed by atoms with Gasteiger partial charge in [-0.2, -0.15) is 21.1 Å². The van der Waals surface area contributed by atoms with Crippen LogP contribution in [0.3, 0.4) is 0 Å². The Hall–Kier alpha value is -2.89. The normalized spacial score (nSPS) is 20.0. The number of fused-ring (bicyclic) bond motifs is 4. The highest BCUT2D eigenvalue weighted by molar-refractivity contribution is 7.91. The van der Waals surface area contributed by atoms with Crippen LogP contribution in [0.5, 0.6) is 11.5 Å². The topological polar surface area (TPSA) is 174 Å². The predicted molar refractivity (Wildman–Crippen MR) is 181 cm³/mol. The van der Waals surface area contributed by atoms with E-state index in [0.29, 0.717) is 46.1 Å². The summed E-state index contributed by atoms with van der Waals surface area (Å²) in [5.74, 6) is -1.48. The highest BCUT2D eigenvalue weighted by atomic mass is 32.2. The van der Waals surface area contributed by atoms with E-state index >= 15 is 0 Å². The lowest BCUT2D eigenvalue weighted by atomic mass is 9.80. The van der Waals surface area contributed by atoms with Crippen molar-refractivity contribution in [1.29, 1.82) is 0 Å². The summed E-state index contributed by atoms with van der Waals surface area (Å²) in [6.45, 7) is 12.2. The van der Waals surface area contributed by atoms with Gasteiger partial charge in [-0.05, 0) is 62.5 Å². The zero-order chi connectivity index (χ0) is 34.9. The third-order valence-electron chi connectivity index (χ3n) is 9.37. The van der Waals surface area contributed by atoms with Crippen molar-refractivity contribution in [2.45, 2.75) is 65.0 Å². The zero-order valence-electron chi connectivity index (χ0n) is 27.7. The third-order valence-corrected chi connectivity index (χ3v) is 12.9. The molecule has 258 valence electrons. The first kappa shape index (κ1) is 35.4. The number of ether oxygens (including phenoxy) is 1. The Kier molecular flexibility index (Phi) is 8.98. The van der Waals surface area contributed by atoms with Crippen LogP contribution in [0.25, 0.3) is 5.57 Å². The molecule has 0 aromatic heterocycles. The summed E-state index contributed by atoms with van der Waals surface area (Å²) in [5.41, 5.74) is 3.46. The monoisotopic (exact) mass is 711 g/mol. The predicted octanol–water partition coefficient (Wildman–Crippen LogP) is 2.56. The van der Waals surface area contributed by atoms with Gasteiger partial charge in [-0.25, -0.2) is 18.0 Å². The maximum Gasteiger partial charge on any atom is 0.266 e. The minimum Gasteiger partial charge on any atom is -0.452 e. The molecular formula is C31H43N4O9S3+. The maximum absolute atomic E-state index is 13.3. The van der Waals surface area contributed by atoms with Gasteiger partial charge in [0.05, 0.1) is 28.9 Å². The molecule has 3 aliphatic rings. The maximum atomic E-state index is 13.3. The van der Waals surface area contributed by atoms with E-state index in [4.69, 9.17) is 9.73 Å². The molecule has 2 aromatic rings. The average molecular weight is 712 g/mol. The van der Waals surface area contributed by atoms with Gasteiger partial charge in [0.2, 0.25) is 15.4 Å². The van der Waals surface area contributed by atoms with Gasteiger partial charge < -0.3 is 9.64 Å². The number of anilines is 1. The van der Waals surface area contributed by atoms with Crippen LogP contribution in [-0.2, 0) is 30.3 Å². The number of benzene rings is 2. The largest absolute Gasteiger partial charge is 0.452 e. The number of hydrogen-bond donors (Lipinski definition) is 2. The van der Waals surface area contributed by atoms with Crippen LogP contribution in [0, 0.1) is 0 Å². The van der Waals surface area contributed by atoms with Crippen LogP contribution in [-0.4, -0.2) is 93.7 Å². The Labute approximate surface area is 276 Å². The van der Waals surface area contributed by atoms with Crippen LogP contribution in [0.2, 0.25) is 0 Å². The number of likely N-dealkylation sites (N-methyl/N-ethyl adjacent to an activating group) is 1. The minimum absolute atomic E-state index is 0.0333. The Morgan fingerprint density at radius 1 is 0.979 bits per heavy atom. The van der Waals surface area contributed by atoms with Gasteiger partial charge >= 0.3 is 0 Å². The van der Waals surface area contributed by atoms with Gasteiger partial charge in [0.15, 0.2) is 17.0 Å². The fourth-order valence-corrected chi connectivity index (χ4v) is 10.1. The molecule has 3 aliphatic heterocycles. The first-order valence-corrected chi connectivity index (χ1v) is 20.2. The summed E-state index contributed by atoms with van der Waals surface area (Å²) in [5, 5.41) is 1.29. The fraction of sp³-hybridized carbons (Fsp3) is 0.548. The van der Waals surface area contributed by atoms with Gasteiger partial charge in [0.1, 0.15) is 17.6 Å². The van der Waals surface area contributed by atoms with Crippen LogP contribution >= 0.6 is 0 Å². The van der Waals surface area contributed by atoms with Crippen LogP contribution in [0.1, 0.15) is 65.0 Å². The number of hydrogen-bond acceptors (Lipinski definition) is 9. The third kappa shape index (κ3) is 7.27. The zero-order valence-corrected chi connectivity index (χ0v) is 30.1. The average Bonchev–Trinajstić information content (AvgIpc) is 2.93. The van der Waals surface area contributed by atoms with Crippen LogP contribution in [0.4, 0.5) is 11.4 Å². The molecule has 2 aromatic carbocycles. The van der Waals surface area contributed by atoms with Crippen molar-refractivity contribution in [3.05, 3.63) is 52.2 Å². The van der Waals surface area contributed by atoms with E-state index in [1.807, 2.05) is 45.0 Å². The molecule has 0 saturated heterocycles. The first-order valence-electron chi connectivity index (χ1n) is 15.4. The lowest BCUT2D eigenvalue weighted by Gasteiger charge is -2.45. The smallest absolute Gasteiger partial charge is 0.266 e. The van der Waals surface area contributed by atoms with Crippen molar-refractivity contribution < 1.29 is 39.1 Å². The van der Waals surface area contributed by atoms with Crippen molar-refractivity contribution in [2.75, 3.05) is 48.8 Å². The molecule has 2 N–H and O–H groups in total. The molecule has 5 rings (SSSR count). The molecule has 0 radical (unpaired) electrons. The van der Waals surface area contributed by atoms with Crippen LogP contribution < -0.4 is 24.9 Å². The number of rotatable bonds is 10. The van der Waals surface area contributed by atoms with Crippen LogP contribution in [0.15, 0.2) is 35.3 Å². The summed E-state index contributed by atoms with van der Waals surface area (Å²) in [6.07, 6.45) is 2.86. The first-order chi connectivity index (χ1) is 21.5. The standard InChI is InChI=1S/C31H42N4O9S3/c1-8-35-27-16-29-25(32-24-13-22-20(2)17-30(3,4)33(7)26(22)15-28(24)44-29)14-23(27)21(18-31(35,5)6)19-34(9-10-46(38,39)40)45(36,37)11-12-47(41,42)43/h13-16,18,20H,8-12,17,19H2,1-7H3,(H-,38,39,40,41,42,43)/p+1. The Balaban J connectivity index is 1.64. The molecule has 0 fully saturated rings. The highest BCUT2D eigenvalue weighted by Gasteiger charge is 2.38. The van der Waals surface area contributed by atoms with Crippen molar-refractivity contribution >= 4 is 47.2 Å². The Morgan fingerprint density at radius 3 is 2.26 bits per heavy atom. The quantitative estimate of drug-likeness (QED) is 0.235. The van der Waals surface area contributed by atoms with E-state index in [2.05, 4.69) is 43.4 Å². The summed E-state index contributed by atoms with van der Waals surface area (Å²) < 4.78 is 101. The Morgan fingerprint density at radius 2 is 1.64 bits per heavy atom. The molecular weight excluding hydrogens is 669 g/mol. The lowest BCUT2D eigenvalue weighted by Crippen LogP contribution is -2.50. The molecule has 0 aliphatic carbocycles. The second-order valence-electron chi connectivity index (χ2n) is 13.7. The van der Waals surface area contributed by atoms with Gasteiger partial charge in [-0.3, -0.25) is 9.11 Å². The van der Waals surface area contributed by atoms with E-state index in [1.165, 1.54) is 5.56 Å². The SMILES string of the molecule is CC[N+]1=c2cc3c(cc2C(CN(CCS(=O)(=O)O)S(=O)(=O)CCS(=O)(=O)O)=CC1(C)C)=Nc1cc2c(cc1O3)N(C)C(C)(C)CC2C. The van der Waals surface area contributed by atoms with E-state index in [-0.39, 0.29) is 12.1 Å². The molecule has 0 spiro atoms. The molecule has 0 amide bonds. The molecule has 3 heterocycles. The molecule has 0 bridgehead atoms. The molecule has 47 heavy (non-hydrogen) atoms. The summed E-state index contributed by atoms with van der Waals surface area (Å²) >= 11 is 0. The van der Waals surface area contributed by atoms with Gasteiger partial charge in [-0.1, -0.05) is 6.92 Å². The number of nitrogens with zero attached hydrogens (tertiary/aromatic N) is 4. The molecule has 0 saturated carbocycles. The lowest BCUT2D eigenvalue weighted by molar-refractivity contribution is 0.392. The van der Waals surface area contributed by atoms with Crippen molar-refractivity contribution in [2.24, 2.45) is 4.99 Å². The molecule has 16 heteroatoms. The number of sulfonamides is 1. The highest BCUT2D eigenvalue weighted by Crippen LogP contribution is 2.48. The van der Waals surface area contributed by atoms with Gasteiger partial charge in [-0.15, -0.1) is 0 Å².